The third kappa shape index (κ3) is 3.74. The van der Waals surface area contributed by atoms with Crippen LogP contribution in [-0.2, 0) is 16.6 Å². The molecule has 2 aromatic carbocycles. The molecule has 8 heteroatoms. The van der Waals surface area contributed by atoms with Crippen molar-refractivity contribution in [3.05, 3.63) is 63.7 Å². The first kappa shape index (κ1) is 17.2. The number of hydrogen-bond acceptors (Lipinski definition) is 5. The number of hydrogen-bond donors (Lipinski definition) is 1. The van der Waals surface area contributed by atoms with E-state index < -0.39 is 14.9 Å². The highest BCUT2D eigenvalue weighted by molar-refractivity contribution is 7.93. The highest BCUT2D eigenvalue weighted by Crippen LogP contribution is 2.26. The Kier molecular flexibility index (Phi) is 4.63. The SMILES string of the molecule is Cc1cc(NCc2cccc(N3CCCS3(=O)=O)c2)ccc1[N+](=O)[O-]. The van der Waals surface area contributed by atoms with Crippen LogP contribution in [0.1, 0.15) is 17.5 Å². The Morgan fingerprint density at radius 3 is 2.68 bits per heavy atom. The molecule has 1 aliphatic heterocycles. The molecule has 0 unspecified atom stereocenters. The molecule has 0 aromatic heterocycles. The van der Waals surface area contributed by atoms with Crippen LogP contribution in [0.5, 0.6) is 0 Å². The summed E-state index contributed by atoms with van der Waals surface area (Å²) in [5.74, 6) is 0.192. The van der Waals surface area contributed by atoms with Crippen molar-refractivity contribution in [2.24, 2.45) is 0 Å². The number of benzene rings is 2. The highest BCUT2D eigenvalue weighted by atomic mass is 32.2. The summed E-state index contributed by atoms with van der Waals surface area (Å²) in [6, 6.07) is 12.3. The van der Waals surface area contributed by atoms with E-state index in [0.29, 0.717) is 30.8 Å². The Hall–Kier alpha value is -2.61. The summed E-state index contributed by atoms with van der Waals surface area (Å²) in [6.07, 6.45) is 0.646. The van der Waals surface area contributed by atoms with Gasteiger partial charge in [0.15, 0.2) is 0 Å². The first-order chi connectivity index (χ1) is 11.9. The maximum Gasteiger partial charge on any atom is 0.272 e. The molecule has 0 spiro atoms. The van der Waals surface area contributed by atoms with Crippen LogP contribution in [0, 0.1) is 17.0 Å². The molecular weight excluding hydrogens is 342 g/mol. The standard InChI is InChI=1S/C17H19N3O4S/c1-13-10-15(6-7-17(13)20(21)22)18-12-14-4-2-5-16(11-14)19-8-3-9-25(19,23)24/h2,4-7,10-11,18H,3,8-9,12H2,1H3. The second-order valence-corrected chi connectivity index (χ2v) is 8.04. The number of aryl methyl sites for hydroxylation is 1. The third-order valence-electron chi connectivity index (χ3n) is 4.19. The number of nitro benzene ring substituents is 1. The van der Waals surface area contributed by atoms with E-state index in [2.05, 4.69) is 5.32 Å². The zero-order valence-electron chi connectivity index (χ0n) is 13.8. The lowest BCUT2D eigenvalue weighted by Gasteiger charge is -2.18. The highest BCUT2D eigenvalue weighted by Gasteiger charge is 2.28. The van der Waals surface area contributed by atoms with Crippen molar-refractivity contribution in [2.45, 2.75) is 19.9 Å². The zero-order chi connectivity index (χ0) is 18.0. The van der Waals surface area contributed by atoms with Gasteiger partial charge in [0.2, 0.25) is 10.0 Å². The van der Waals surface area contributed by atoms with Crippen molar-refractivity contribution >= 4 is 27.1 Å². The number of anilines is 2. The van der Waals surface area contributed by atoms with E-state index >= 15 is 0 Å². The lowest BCUT2D eigenvalue weighted by Crippen LogP contribution is -2.25. The fraction of sp³-hybridized carbons (Fsp3) is 0.294. The van der Waals surface area contributed by atoms with Gasteiger partial charge < -0.3 is 5.32 Å². The summed E-state index contributed by atoms with van der Waals surface area (Å²) in [4.78, 5) is 10.5. The minimum absolute atomic E-state index is 0.0896. The van der Waals surface area contributed by atoms with Gasteiger partial charge in [0, 0.05) is 30.4 Å². The lowest BCUT2D eigenvalue weighted by molar-refractivity contribution is -0.385. The van der Waals surface area contributed by atoms with E-state index in [1.165, 1.54) is 10.4 Å². The Morgan fingerprint density at radius 2 is 2.04 bits per heavy atom. The topological polar surface area (TPSA) is 92.6 Å². The van der Waals surface area contributed by atoms with Crippen LogP contribution in [0.25, 0.3) is 0 Å². The van der Waals surface area contributed by atoms with Crippen LogP contribution in [-0.4, -0.2) is 25.6 Å². The Balaban J connectivity index is 1.73. The number of rotatable bonds is 5. The molecule has 2 aromatic rings. The van der Waals surface area contributed by atoms with Gasteiger partial charge in [-0.25, -0.2) is 8.42 Å². The fourth-order valence-corrected chi connectivity index (χ4v) is 4.48. The van der Waals surface area contributed by atoms with Gasteiger partial charge in [-0.1, -0.05) is 12.1 Å². The minimum atomic E-state index is -3.19. The Labute approximate surface area is 146 Å². The lowest BCUT2D eigenvalue weighted by atomic mass is 10.1. The van der Waals surface area contributed by atoms with Gasteiger partial charge in [-0.3, -0.25) is 14.4 Å². The number of nitrogens with zero attached hydrogens (tertiary/aromatic N) is 2. The number of sulfonamides is 1. The second kappa shape index (κ2) is 6.72. The molecule has 1 heterocycles. The monoisotopic (exact) mass is 361 g/mol. The van der Waals surface area contributed by atoms with Crippen molar-refractivity contribution in [2.75, 3.05) is 21.9 Å². The molecule has 3 rings (SSSR count). The molecule has 25 heavy (non-hydrogen) atoms. The van der Waals surface area contributed by atoms with Crippen LogP contribution in [0.15, 0.2) is 42.5 Å². The molecule has 132 valence electrons. The Morgan fingerprint density at radius 1 is 1.24 bits per heavy atom. The minimum Gasteiger partial charge on any atom is -0.381 e. The average molecular weight is 361 g/mol. The van der Waals surface area contributed by atoms with Crippen LogP contribution < -0.4 is 9.62 Å². The van der Waals surface area contributed by atoms with E-state index in [-0.39, 0.29) is 11.4 Å². The van der Waals surface area contributed by atoms with E-state index in [4.69, 9.17) is 0 Å². The number of nitro groups is 1. The smallest absolute Gasteiger partial charge is 0.272 e. The van der Waals surface area contributed by atoms with Gasteiger partial charge in [-0.2, -0.15) is 0 Å². The van der Waals surface area contributed by atoms with E-state index in [1.807, 2.05) is 18.2 Å². The maximum absolute atomic E-state index is 12.0. The average Bonchev–Trinajstić information content (AvgIpc) is 2.92. The normalized spacial score (nSPS) is 16.0. The molecule has 0 amide bonds. The van der Waals surface area contributed by atoms with Gasteiger partial charge in [-0.15, -0.1) is 0 Å². The largest absolute Gasteiger partial charge is 0.381 e. The van der Waals surface area contributed by atoms with Crippen LogP contribution in [0.4, 0.5) is 17.1 Å². The van der Waals surface area contributed by atoms with Crippen molar-refractivity contribution in [1.29, 1.82) is 0 Å². The van der Waals surface area contributed by atoms with E-state index in [9.17, 15) is 18.5 Å². The molecular formula is C17H19N3O4S. The first-order valence-corrected chi connectivity index (χ1v) is 9.56. The van der Waals surface area contributed by atoms with Crippen molar-refractivity contribution in [3.8, 4) is 0 Å². The summed E-state index contributed by atoms with van der Waals surface area (Å²) < 4.78 is 25.5. The Bertz CT molecular complexity index is 912. The van der Waals surface area contributed by atoms with Gasteiger partial charge >= 0.3 is 0 Å². The van der Waals surface area contributed by atoms with Gasteiger partial charge in [0.05, 0.1) is 16.4 Å². The molecule has 1 aliphatic rings. The number of nitrogens with one attached hydrogen (secondary N) is 1. The molecule has 0 saturated carbocycles. The summed E-state index contributed by atoms with van der Waals surface area (Å²) in [6.45, 7) is 2.71. The van der Waals surface area contributed by atoms with Gasteiger partial charge in [0.25, 0.3) is 5.69 Å². The van der Waals surface area contributed by atoms with Crippen molar-refractivity contribution in [3.63, 3.8) is 0 Å². The van der Waals surface area contributed by atoms with Crippen molar-refractivity contribution in [1.82, 2.24) is 0 Å². The zero-order valence-corrected chi connectivity index (χ0v) is 14.6. The van der Waals surface area contributed by atoms with Crippen LogP contribution >= 0.6 is 0 Å². The third-order valence-corrected chi connectivity index (χ3v) is 6.06. The molecule has 7 nitrogen and oxygen atoms in total. The second-order valence-electron chi connectivity index (χ2n) is 6.02. The first-order valence-electron chi connectivity index (χ1n) is 7.95. The molecule has 0 bridgehead atoms. The molecule has 1 N–H and O–H groups in total. The predicted octanol–water partition coefficient (Wildman–Crippen LogP) is 3.06. The summed E-state index contributed by atoms with van der Waals surface area (Å²) in [5.41, 5.74) is 3.08. The maximum atomic E-state index is 12.0. The molecule has 1 fully saturated rings. The van der Waals surface area contributed by atoms with E-state index in [1.54, 1.807) is 25.1 Å². The van der Waals surface area contributed by atoms with Gasteiger partial charge in [0.1, 0.15) is 0 Å². The van der Waals surface area contributed by atoms with Crippen molar-refractivity contribution < 1.29 is 13.3 Å². The summed E-state index contributed by atoms with van der Waals surface area (Å²) in [7, 11) is -3.19. The fourth-order valence-electron chi connectivity index (χ4n) is 2.93. The molecule has 0 atom stereocenters. The summed E-state index contributed by atoms with van der Waals surface area (Å²) >= 11 is 0. The van der Waals surface area contributed by atoms with Gasteiger partial charge in [-0.05, 0) is 43.2 Å². The van der Waals surface area contributed by atoms with Crippen LogP contribution in [0.3, 0.4) is 0 Å². The quantitative estimate of drug-likeness (QED) is 0.653. The molecule has 1 saturated heterocycles. The van der Waals surface area contributed by atoms with Crippen LogP contribution in [0.2, 0.25) is 0 Å². The molecule has 0 radical (unpaired) electrons. The molecule has 0 aliphatic carbocycles. The van der Waals surface area contributed by atoms with E-state index in [0.717, 1.165) is 11.3 Å². The summed E-state index contributed by atoms with van der Waals surface area (Å²) in [5, 5.41) is 14.1. The predicted molar refractivity (Wildman–Crippen MR) is 97.4 cm³/mol.